The molecule has 8 heteroatoms. The molecular formula is C22H30N6OS. The molecule has 0 unspecified atom stereocenters. The maximum absolute atomic E-state index is 9.77. The zero-order valence-electron chi connectivity index (χ0n) is 17.9. The van der Waals surface area contributed by atoms with E-state index in [2.05, 4.69) is 42.5 Å². The summed E-state index contributed by atoms with van der Waals surface area (Å²) in [6, 6.07) is 6.27. The Labute approximate surface area is 181 Å². The monoisotopic (exact) mass is 426 g/mol. The van der Waals surface area contributed by atoms with E-state index in [4.69, 9.17) is 15.0 Å². The lowest BCUT2D eigenvalue weighted by Crippen LogP contribution is -2.35. The Morgan fingerprint density at radius 2 is 1.87 bits per heavy atom. The Bertz CT molecular complexity index is 958. The summed E-state index contributed by atoms with van der Waals surface area (Å²) >= 11 is 1.61. The van der Waals surface area contributed by atoms with Crippen LogP contribution in [0.25, 0.3) is 10.3 Å². The van der Waals surface area contributed by atoms with Crippen molar-refractivity contribution in [3.8, 4) is 0 Å². The van der Waals surface area contributed by atoms with Crippen LogP contribution in [-0.4, -0.2) is 42.7 Å². The highest BCUT2D eigenvalue weighted by molar-refractivity contribution is 7.18. The summed E-state index contributed by atoms with van der Waals surface area (Å²) in [4.78, 5) is 19.6. The zero-order chi connectivity index (χ0) is 21.1. The highest BCUT2D eigenvalue weighted by atomic mass is 32.1. The third kappa shape index (κ3) is 5.71. The molecule has 0 spiro atoms. The van der Waals surface area contributed by atoms with Crippen molar-refractivity contribution in [1.82, 2.24) is 25.3 Å². The molecule has 3 heterocycles. The van der Waals surface area contributed by atoms with Crippen LogP contribution in [0, 0.1) is 0 Å². The quantitative estimate of drug-likeness (QED) is 0.553. The van der Waals surface area contributed by atoms with Crippen molar-refractivity contribution in [3.63, 3.8) is 0 Å². The van der Waals surface area contributed by atoms with Crippen LogP contribution in [0.3, 0.4) is 0 Å². The molecule has 1 fully saturated rings. The van der Waals surface area contributed by atoms with Gasteiger partial charge in [0.25, 0.3) is 0 Å². The number of nitrogens with one attached hydrogen (secondary N) is 2. The third-order valence-corrected chi connectivity index (χ3v) is 6.18. The van der Waals surface area contributed by atoms with Gasteiger partial charge in [-0.1, -0.05) is 11.3 Å². The largest absolute Gasteiger partial charge is 0.393 e. The molecule has 30 heavy (non-hydrogen) atoms. The molecule has 0 saturated heterocycles. The molecule has 1 aliphatic carbocycles. The van der Waals surface area contributed by atoms with Crippen LogP contribution in [0.2, 0.25) is 0 Å². The molecule has 0 amide bonds. The smallest absolute Gasteiger partial charge is 0.223 e. The normalized spacial score (nSPS) is 19.9. The van der Waals surface area contributed by atoms with Crippen LogP contribution in [0.4, 0.5) is 5.95 Å². The first-order valence-corrected chi connectivity index (χ1v) is 11.4. The van der Waals surface area contributed by atoms with E-state index in [1.807, 2.05) is 12.1 Å². The van der Waals surface area contributed by atoms with E-state index >= 15 is 0 Å². The van der Waals surface area contributed by atoms with Gasteiger partial charge in [-0.25, -0.2) is 19.9 Å². The molecule has 3 N–H and O–H groups in total. The van der Waals surface area contributed by atoms with Crippen LogP contribution in [0.1, 0.15) is 62.8 Å². The number of aliphatic hydroxyl groups is 1. The van der Waals surface area contributed by atoms with Crippen molar-refractivity contribution >= 4 is 27.6 Å². The minimum absolute atomic E-state index is 0.0108. The first-order chi connectivity index (χ1) is 14.3. The van der Waals surface area contributed by atoms with Crippen molar-refractivity contribution < 1.29 is 5.11 Å². The molecule has 7 nitrogen and oxygen atoms in total. The zero-order valence-corrected chi connectivity index (χ0v) is 18.7. The van der Waals surface area contributed by atoms with E-state index in [1.54, 1.807) is 17.5 Å². The summed E-state index contributed by atoms with van der Waals surface area (Å²) in [6.45, 7) is 7.12. The second kappa shape index (κ2) is 8.91. The van der Waals surface area contributed by atoms with Crippen molar-refractivity contribution in [3.05, 3.63) is 40.8 Å². The maximum Gasteiger partial charge on any atom is 0.223 e. The summed E-state index contributed by atoms with van der Waals surface area (Å²) in [5, 5.41) is 17.8. The highest BCUT2D eigenvalue weighted by Crippen LogP contribution is 2.24. The first-order valence-electron chi connectivity index (χ1n) is 10.6. The molecule has 1 aliphatic rings. The fourth-order valence-corrected chi connectivity index (χ4v) is 4.52. The van der Waals surface area contributed by atoms with E-state index in [-0.39, 0.29) is 11.6 Å². The molecule has 0 aliphatic heterocycles. The lowest BCUT2D eigenvalue weighted by atomic mass is 9.93. The van der Waals surface area contributed by atoms with Crippen LogP contribution in [0.5, 0.6) is 0 Å². The molecule has 0 radical (unpaired) electrons. The van der Waals surface area contributed by atoms with Gasteiger partial charge in [-0.05, 0) is 64.7 Å². The number of rotatable bonds is 6. The molecule has 3 aromatic rings. The first kappa shape index (κ1) is 21.1. The van der Waals surface area contributed by atoms with Gasteiger partial charge in [0, 0.05) is 30.7 Å². The van der Waals surface area contributed by atoms with Gasteiger partial charge in [0.2, 0.25) is 5.95 Å². The van der Waals surface area contributed by atoms with Crippen LogP contribution in [-0.2, 0) is 13.0 Å². The number of thiazole rings is 1. The van der Waals surface area contributed by atoms with Crippen LogP contribution in [0.15, 0.2) is 24.4 Å². The fourth-order valence-electron chi connectivity index (χ4n) is 3.60. The maximum atomic E-state index is 9.77. The van der Waals surface area contributed by atoms with Crippen molar-refractivity contribution in [2.45, 2.75) is 77.1 Å². The number of aliphatic hydroxyl groups excluding tert-OH is 1. The topological polar surface area (TPSA) is 95.9 Å². The predicted molar refractivity (Wildman–Crippen MR) is 121 cm³/mol. The van der Waals surface area contributed by atoms with Crippen molar-refractivity contribution in [2.75, 3.05) is 5.32 Å². The van der Waals surface area contributed by atoms with Gasteiger partial charge < -0.3 is 15.7 Å². The number of pyridine rings is 1. The van der Waals surface area contributed by atoms with Gasteiger partial charge in [0.1, 0.15) is 15.4 Å². The third-order valence-electron chi connectivity index (χ3n) is 5.21. The summed E-state index contributed by atoms with van der Waals surface area (Å²) in [6.07, 6.45) is 5.82. The second-order valence-electron chi connectivity index (χ2n) is 9.04. The average molecular weight is 427 g/mol. The van der Waals surface area contributed by atoms with Gasteiger partial charge in [0.05, 0.1) is 17.5 Å². The predicted octanol–water partition coefficient (Wildman–Crippen LogP) is 3.68. The summed E-state index contributed by atoms with van der Waals surface area (Å²) in [5.74, 6) is 0.666. The molecular weight excluding hydrogens is 396 g/mol. The fraction of sp³-hybridized carbons (Fsp3) is 0.545. The number of nitrogens with zero attached hydrogens (tertiary/aromatic N) is 4. The van der Waals surface area contributed by atoms with Crippen molar-refractivity contribution in [2.24, 2.45) is 0 Å². The number of aromatic nitrogens is 4. The number of fused-ring (bicyclic) bond motifs is 1. The Hall–Kier alpha value is -2.16. The second-order valence-corrected chi connectivity index (χ2v) is 10.1. The Morgan fingerprint density at radius 1 is 1.10 bits per heavy atom. The molecule has 0 aromatic carbocycles. The lowest BCUT2D eigenvalue weighted by Gasteiger charge is -2.26. The average Bonchev–Trinajstić information content (AvgIpc) is 3.10. The molecule has 0 bridgehead atoms. The van der Waals surface area contributed by atoms with Gasteiger partial charge in [-0.3, -0.25) is 0 Å². The minimum Gasteiger partial charge on any atom is -0.393 e. The van der Waals surface area contributed by atoms with Crippen LogP contribution >= 0.6 is 11.3 Å². The summed E-state index contributed by atoms with van der Waals surface area (Å²) in [5.41, 5.74) is 2.86. The Balaban J connectivity index is 1.55. The molecule has 3 aromatic heterocycles. The standard InChI is InChI=1S/C22H30N6OS/c1-22(2,3)24-13-16-11-15(12-19-28-18-5-4-10-23-20(18)30-19)26-21(27-16)25-14-6-8-17(29)9-7-14/h4-5,10-11,14,17,24,29H,6-9,12-13H2,1-3H3,(H,25,26,27). The van der Waals surface area contributed by atoms with Gasteiger partial charge in [0.15, 0.2) is 0 Å². The number of anilines is 1. The van der Waals surface area contributed by atoms with E-state index in [1.165, 1.54) is 0 Å². The molecule has 0 atom stereocenters. The van der Waals surface area contributed by atoms with Gasteiger partial charge in [-0.15, -0.1) is 0 Å². The molecule has 4 rings (SSSR count). The highest BCUT2D eigenvalue weighted by Gasteiger charge is 2.20. The lowest BCUT2D eigenvalue weighted by molar-refractivity contribution is 0.126. The molecule has 160 valence electrons. The van der Waals surface area contributed by atoms with E-state index in [0.29, 0.717) is 25.0 Å². The Kier molecular flexibility index (Phi) is 6.26. The van der Waals surface area contributed by atoms with Crippen molar-refractivity contribution in [1.29, 1.82) is 0 Å². The van der Waals surface area contributed by atoms with Gasteiger partial charge in [-0.2, -0.15) is 0 Å². The van der Waals surface area contributed by atoms with E-state index in [9.17, 15) is 5.11 Å². The SMILES string of the molecule is CC(C)(C)NCc1cc(Cc2nc3cccnc3s2)nc(NC2CCC(O)CC2)n1. The van der Waals surface area contributed by atoms with E-state index in [0.717, 1.165) is 52.4 Å². The van der Waals surface area contributed by atoms with Crippen LogP contribution < -0.4 is 10.6 Å². The minimum atomic E-state index is -0.172. The van der Waals surface area contributed by atoms with Gasteiger partial charge >= 0.3 is 0 Å². The molecule has 1 saturated carbocycles. The Morgan fingerprint density at radius 3 is 2.60 bits per heavy atom. The van der Waals surface area contributed by atoms with E-state index < -0.39 is 0 Å². The summed E-state index contributed by atoms with van der Waals surface area (Å²) < 4.78 is 0. The number of hydrogen-bond acceptors (Lipinski definition) is 8. The number of hydrogen-bond donors (Lipinski definition) is 3. The summed E-state index contributed by atoms with van der Waals surface area (Å²) in [7, 11) is 0.